The van der Waals surface area contributed by atoms with Gasteiger partial charge < -0.3 is 9.47 Å². The van der Waals surface area contributed by atoms with Crippen molar-refractivity contribution in [2.24, 2.45) is 0 Å². The van der Waals surface area contributed by atoms with Gasteiger partial charge in [-0.2, -0.15) is 5.26 Å². The predicted molar refractivity (Wildman–Crippen MR) is 80.3 cm³/mol. The van der Waals surface area contributed by atoms with Crippen LogP contribution in [0.4, 0.5) is 0 Å². The van der Waals surface area contributed by atoms with Crippen molar-refractivity contribution in [3.05, 3.63) is 53.6 Å². The third-order valence-electron chi connectivity index (χ3n) is 2.86. The van der Waals surface area contributed by atoms with Crippen LogP contribution in [0.3, 0.4) is 0 Å². The summed E-state index contributed by atoms with van der Waals surface area (Å²) in [6.45, 7) is 0. The van der Waals surface area contributed by atoms with Crippen molar-refractivity contribution >= 4 is 11.8 Å². The van der Waals surface area contributed by atoms with Crippen molar-refractivity contribution in [3.63, 3.8) is 0 Å². The number of hydrogen-bond acceptors (Lipinski definition) is 4. The maximum absolute atomic E-state index is 8.96. The normalized spacial score (nSPS) is 9.85. The van der Waals surface area contributed by atoms with E-state index in [2.05, 4.69) is 6.07 Å². The van der Waals surface area contributed by atoms with E-state index in [1.54, 1.807) is 32.0 Å². The van der Waals surface area contributed by atoms with Gasteiger partial charge in [0, 0.05) is 16.2 Å². The molecule has 102 valence electrons. The Hall–Kier alpha value is -2.12. The molecule has 0 aliphatic heterocycles. The van der Waals surface area contributed by atoms with Crippen LogP contribution in [0, 0.1) is 11.3 Å². The van der Waals surface area contributed by atoms with Crippen LogP contribution < -0.4 is 9.47 Å². The van der Waals surface area contributed by atoms with Gasteiger partial charge in [-0.25, -0.2) is 0 Å². The minimum atomic E-state index is 0.649. The quantitative estimate of drug-likeness (QED) is 0.782. The van der Waals surface area contributed by atoms with Crippen LogP contribution in [-0.4, -0.2) is 14.2 Å². The second kappa shape index (κ2) is 6.88. The Bertz CT molecular complexity index is 617. The highest BCUT2D eigenvalue weighted by Crippen LogP contribution is 2.29. The second-order valence-electron chi connectivity index (χ2n) is 4.10. The smallest absolute Gasteiger partial charge is 0.122 e. The summed E-state index contributed by atoms with van der Waals surface area (Å²) < 4.78 is 10.5. The van der Waals surface area contributed by atoms with Gasteiger partial charge in [-0.15, -0.1) is 11.8 Å². The Morgan fingerprint density at radius 3 is 2.40 bits per heavy atom. The summed E-state index contributed by atoms with van der Waals surface area (Å²) in [5, 5.41) is 8.96. The summed E-state index contributed by atoms with van der Waals surface area (Å²) in [6.07, 6.45) is 0. The molecule has 2 aromatic carbocycles. The van der Waals surface area contributed by atoms with Gasteiger partial charge in [0.15, 0.2) is 0 Å². The van der Waals surface area contributed by atoms with Gasteiger partial charge >= 0.3 is 0 Å². The van der Waals surface area contributed by atoms with Crippen LogP contribution in [-0.2, 0) is 5.75 Å². The third-order valence-corrected chi connectivity index (χ3v) is 3.92. The molecule has 0 amide bonds. The van der Waals surface area contributed by atoms with Crippen LogP contribution in [0.5, 0.6) is 11.5 Å². The van der Waals surface area contributed by atoms with Crippen LogP contribution >= 0.6 is 11.8 Å². The maximum atomic E-state index is 8.96. The highest BCUT2D eigenvalue weighted by molar-refractivity contribution is 7.98. The van der Waals surface area contributed by atoms with E-state index in [-0.39, 0.29) is 0 Å². The molecule has 0 aliphatic rings. The maximum Gasteiger partial charge on any atom is 0.122 e. The van der Waals surface area contributed by atoms with Crippen molar-refractivity contribution < 1.29 is 9.47 Å². The van der Waals surface area contributed by atoms with E-state index in [0.717, 1.165) is 27.7 Å². The van der Waals surface area contributed by atoms with Gasteiger partial charge in [-0.05, 0) is 42.5 Å². The van der Waals surface area contributed by atoms with Gasteiger partial charge in [0.05, 0.1) is 25.9 Å². The molecular formula is C16H15NO2S. The standard InChI is InChI=1S/C16H15NO2S/c1-18-14-4-6-15(7-5-14)20-11-13-9-12(10-17)3-8-16(13)19-2/h3-9H,11H2,1-2H3. The molecule has 0 heterocycles. The summed E-state index contributed by atoms with van der Waals surface area (Å²) in [7, 11) is 3.29. The molecule has 0 fully saturated rings. The van der Waals surface area contributed by atoms with Crippen molar-refractivity contribution in [3.8, 4) is 17.6 Å². The lowest BCUT2D eigenvalue weighted by molar-refractivity contribution is 0.411. The largest absolute Gasteiger partial charge is 0.497 e. The lowest BCUT2D eigenvalue weighted by atomic mass is 10.1. The van der Waals surface area contributed by atoms with Gasteiger partial charge in [0.25, 0.3) is 0 Å². The Morgan fingerprint density at radius 2 is 1.80 bits per heavy atom. The van der Waals surface area contributed by atoms with Crippen molar-refractivity contribution in [2.75, 3.05) is 14.2 Å². The lowest BCUT2D eigenvalue weighted by Crippen LogP contribution is -1.91. The Labute approximate surface area is 123 Å². The zero-order chi connectivity index (χ0) is 14.4. The number of rotatable bonds is 5. The molecule has 0 spiro atoms. The monoisotopic (exact) mass is 285 g/mol. The van der Waals surface area contributed by atoms with Gasteiger partial charge in [0.1, 0.15) is 11.5 Å². The van der Waals surface area contributed by atoms with Crippen molar-refractivity contribution in [1.82, 2.24) is 0 Å². The predicted octanol–water partition coefficient (Wildman–Crippen LogP) is 3.87. The van der Waals surface area contributed by atoms with Gasteiger partial charge in [-0.1, -0.05) is 0 Å². The average molecular weight is 285 g/mol. The van der Waals surface area contributed by atoms with E-state index in [4.69, 9.17) is 14.7 Å². The van der Waals surface area contributed by atoms with Crippen molar-refractivity contribution in [1.29, 1.82) is 5.26 Å². The molecule has 0 saturated carbocycles. The number of ether oxygens (including phenoxy) is 2. The molecule has 0 radical (unpaired) electrons. The first-order chi connectivity index (χ1) is 9.76. The molecule has 0 aliphatic carbocycles. The van der Waals surface area contributed by atoms with E-state index in [9.17, 15) is 0 Å². The summed E-state index contributed by atoms with van der Waals surface area (Å²) in [5.41, 5.74) is 1.67. The first-order valence-electron chi connectivity index (χ1n) is 6.10. The molecule has 2 rings (SSSR count). The topological polar surface area (TPSA) is 42.2 Å². The fourth-order valence-corrected chi connectivity index (χ4v) is 2.67. The summed E-state index contributed by atoms with van der Waals surface area (Å²) in [5.74, 6) is 2.41. The molecule has 0 N–H and O–H groups in total. The summed E-state index contributed by atoms with van der Waals surface area (Å²) in [6, 6.07) is 15.5. The molecule has 0 unspecified atom stereocenters. The van der Waals surface area contributed by atoms with Crippen LogP contribution in [0.15, 0.2) is 47.4 Å². The molecule has 0 saturated heterocycles. The molecule has 4 heteroatoms. The second-order valence-corrected chi connectivity index (χ2v) is 5.15. The van der Waals surface area contributed by atoms with E-state index < -0.39 is 0 Å². The lowest BCUT2D eigenvalue weighted by Gasteiger charge is -2.09. The zero-order valence-corrected chi connectivity index (χ0v) is 12.2. The summed E-state index contributed by atoms with van der Waals surface area (Å²) in [4.78, 5) is 1.15. The fourth-order valence-electron chi connectivity index (χ4n) is 1.79. The molecule has 0 atom stereocenters. The number of benzene rings is 2. The molecule has 2 aromatic rings. The first-order valence-corrected chi connectivity index (χ1v) is 7.09. The van der Waals surface area contributed by atoms with E-state index in [0.29, 0.717) is 5.56 Å². The number of nitrogens with zero attached hydrogens (tertiary/aromatic N) is 1. The van der Waals surface area contributed by atoms with Crippen LogP contribution in [0.2, 0.25) is 0 Å². The van der Waals surface area contributed by atoms with E-state index >= 15 is 0 Å². The number of nitriles is 1. The number of methoxy groups -OCH3 is 2. The fraction of sp³-hybridized carbons (Fsp3) is 0.188. The van der Waals surface area contributed by atoms with E-state index in [1.807, 2.05) is 36.4 Å². The van der Waals surface area contributed by atoms with Crippen molar-refractivity contribution in [2.45, 2.75) is 10.6 Å². The summed E-state index contributed by atoms with van der Waals surface area (Å²) >= 11 is 1.70. The minimum absolute atomic E-state index is 0.649. The molecule has 0 bridgehead atoms. The van der Waals surface area contributed by atoms with Crippen LogP contribution in [0.1, 0.15) is 11.1 Å². The molecule has 3 nitrogen and oxygen atoms in total. The number of hydrogen-bond donors (Lipinski definition) is 0. The third kappa shape index (κ3) is 3.46. The van der Waals surface area contributed by atoms with Gasteiger partial charge in [0.2, 0.25) is 0 Å². The Balaban J connectivity index is 2.11. The Morgan fingerprint density at radius 1 is 1.05 bits per heavy atom. The average Bonchev–Trinajstić information content (AvgIpc) is 2.53. The molecular weight excluding hydrogens is 270 g/mol. The highest BCUT2D eigenvalue weighted by Gasteiger charge is 2.05. The Kier molecular flexibility index (Phi) is 4.91. The van der Waals surface area contributed by atoms with Crippen LogP contribution in [0.25, 0.3) is 0 Å². The number of thioether (sulfide) groups is 1. The molecule has 0 aromatic heterocycles. The van der Waals surface area contributed by atoms with E-state index in [1.165, 1.54) is 0 Å². The highest BCUT2D eigenvalue weighted by atomic mass is 32.2. The van der Waals surface area contributed by atoms with Gasteiger partial charge in [-0.3, -0.25) is 0 Å². The zero-order valence-electron chi connectivity index (χ0n) is 11.4. The minimum Gasteiger partial charge on any atom is -0.497 e. The SMILES string of the molecule is COc1ccc(SCc2cc(C#N)ccc2OC)cc1. The first kappa shape index (κ1) is 14.3. The molecule has 20 heavy (non-hydrogen) atoms.